The van der Waals surface area contributed by atoms with Crippen LogP contribution in [0.15, 0.2) is 78.9 Å². The molecule has 4 heteroatoms. The summed E-state index contributed by atoms with van der Waals surface area (Å²) in [5, 5.41) is 8.75. The van der Waals surface area contributed by atoms with Crippen LogP contribution in [-0.2, 0) is 16.1 Å². The second-order valence-corrected chi connectivity index (χ2v) is 5.65. The molecule has 128 valence electrons. The quantitative estimate of drug-likeness (QED) is 0.625. The fourth-order valence-electron chi connectivity index (χ4n) is 2.40. The van der Waals surface area contributed by atoms with Crippen molar-refractivity contribution in [1.82, 2.24) is 0 Å². The van der Waals surface area contributed by atoms with Crippen LogP contribution in [0.1, 0.15) is 11.1 Å². The zero-order valence-corrected chi connectivity index (χ0v) is 14.1. The zero-order chi connectivity index (χ0) is 18.2. The lowest BCUT2D eigenvalue weighted by Gasteiger charge is -2.08. The first-order valence-corrected chi connectivity index (χ1v) is 8.17. The van der Waals surface area contributed by atoms with E-state index in [0.29, 0.717) is 11.3 Å². The van der Waals surface area contributed by atoms with Crippen molar-refractivity contribution in [2.45, 2.75) is 6.61 Å². The van der Waals surface area contributed by atoms with E-state index < -0.39 is 5.97 Å². The van der Waals surface area contributed by atoms with E-state index in [4.69, 9.17) is 14.7 Å². The average molecular weight is 343 g/mol. The Balaban J connectivity index is 1.47. The first kappa shape index (κ1) is 17.2. The minimum absolute atomic E-state index is 0.152. The third kappa shape index (κ3) is 4.71. The molecule has 0 fully saturated rings. The fourth-order valence-corrected chi connectivity index (χ4v) is 2.40. The predicted octanol–water partition coefficient (Wildman–Crippen LogP) is 4.35. The summed E-state index contributed by atoms with van der Waals surface area (Å²) in [6.45, 7) is 0.00180. The fraction of sp³-hybridized carbons (Fsp3) is 0.0909. The lowest BCUT2D eigenvalue weighted by atomic mass is 10.1. The molecule has 0 spiro atoms. The summed E-state index contributed by atoms with van der Waals surface area (Å²) in [6, 6.07) is 26.5. The molecule has 0 aliphatic heterocycles. The summed E-state index contributed by atoms with van der Waals surface area (Å²) >= 11 is 0. The lowest BCUT2D eigenvalue weighted by Crippen LogP contribution is -2.14. The Morgan fingerprint density at radius 2 is 1.50 bits per heavy atom. The predicted molar refractivity (Wildman–Crippen MR) is 98.3 cm³/mol. The Kier molecular flexibility index (Phi) is 5.64. The maximum atomic E-state index is 11.8. The maximum Gasteiger partial charge on any atom is 0.344 e. The molecule has 0 saturated heterocycles. The summed E-state index contributed by atoms with van der Waals surface area (Å²) in [4.78, 5) is 11.8. The van der Waals surface area contributed by atoms with Gasteiger partial charge in [-0.25, -0.2) is 4.79 Å². The molecule has 0 atom stereocenters. The van der Waals surface area contributed by atoms with Crippen molar-refractivity contribution in [2.75, 3.05) is 6.61 Å². The van der Waals surface area contributed by atoms with Crippen molar-refractivity contribution < 1.29 is 14.3 Å². The van der Waals surface area contributed by atoms with Crippen molar-refractivity contribution in [2.24, 2.45) is 0 Å². The number of esters is 1. The Hall–Kier alpha value is -3.58. The molecular formula is C22H17NO3. The van der Waals surface area contributed by atoms with Gasteiger partial charge in [0.1, 0.15) is 12.4 Å². The van der Waals surface area contributed by atoms with Crippen LogP contribution >= 0.6 is 0 Å². The van der Waals surface area contributed by atoms with E-state index in [1.165, 1.54) is 0 Å². The van der Waals surface area contributed by atoms with Crippen LogP contribution in [0.25, 0.3) is 11.1 Å². The second-order valence-electron chi connectivity index (χ2n) is 5.65. The van der Waals surface area contributed by atoms with E-state index >= 15 is 0 Å². The monoisotopic (exact) mass is 343 g/mol. The van der Waals surface area contributed by atoms with Crippen LogP contribution in [0.2, 0.25) is 0 Å². The van der Waals surface area contributed by atoms with Gasteiger partial charge in [-0.3, -0.25) is 0 Å². The number of nitriles is 1. The molecule has 0 N–H and O–H groups in total. The molecule has 0 bridgehead atoms. The standard InChI is InChI=1S/C22H17NO3/c23-14-17-6-8-18(9-7-17)15-26-22(24)16-25-21-12-10-20(11-13-21)19-4-2-1-3-5-19/h1-13H,15-16H2. The Labute approximate surface area is 152 Å². The van der Waals surface area contributed by atoms with Crippen molar-refractivity contribution in [3.8, 4) is 22.9 Å². The number of ether oxygens (including phenoxy) is 2. The molecule has 0 aliphatic carbocycles. The molecule has 26 heavy (non-hydrogen) atoms. The van der Waals surface area contributed by atoms with E-state index in [2.05, 4.69) is 0 Å². The highest BCUT2D eigenvalue weighted by Gasteiger charge is 2.06. The highest BCUT2D eigenvalue weighted by atomic mass is 16.6. The van der Waals surface area contributed by atoms with E-state index in [9.17, 15) is 4.79 Å². The van der Waals surface area contributed by atoms with Gasteiger partial charge in [0, 0.05) is 0 Å². The van der Waals surface area contributed by atoms with Gasteiger partial charge in [0.05, 0.1) is 11.6 Å². The van der Waals surface area contributed by atoms with Crippen molar-refractivity contribution >= 4 is 5.97 Å². The molecule has 0 aromatic heterocycles. The molecule has 0 aliphatic rings. The van der Waals surface area contributed by atoms with Gasteiger partial charge in [-0.2, -0.15) is 5.26 Å². The Morgan fingerprint density at radius 1 is 0.846 bits per heavy atom. The number of hydrogen-bond acceptors (Lipinski definition) is 4. The molecule has 3 rings (SSSR count). The number of rotatable bonds is 6. The molecule has 0 amide bonds. The minimum atomic E-state index is -0.443. The third-order valence-electron chi connectivity index (χ3n) is 3.80. The van der Waals surface area contributed by atoms with Gasteiger partial charge in [-0.1, -0.05) is 54.6 Å². The maximum absolute atomic E-state index is 11.8. The molecule has 0 heterocycles. The van der Waals surface area contributed by atoms with Crippen LogP contribution < -0.4 is 4.74 Å². The molecular weight excluding hydrogens is 326 g/mol. The van der Waals surface area contributed by atoms with E-state index in [1.54, 1.807) is 24.3 Å². The summed E-state index contributed by atoms with van der Waals surface area (Å²) in [5.74, 6) is 0.168. The summed E-state index contributed by atoms with van der Waals surface area (Å²) in [7, 11) is 0. The van der Waals surface area contributed by atoms with Crippen molar-refractivity contribution in [3.05, 3.63) is 90.0 Å². The molecule has 0 radical (unpaired) electrons. The van der Waals surface area contributed by atoms with E-state index in [1.807, 2.05) is 60.7 Å². The number of carbonyl (C=O) groups excluding carboxylic acids is 1. The largest absolute Gasteiger partial charge is 0.482 e. The van der Waals surface area contributed by atoms with Crippen LogP contribution in [0, 0.1) is 11.3 Å². The normalized spacial score (nSPS) is 9.96. The number of benzene rings is 3. The average Bonchev–Trinajstić information content (AvgIpc) is 2.72. The molecule has 3 aromatic rings. The van der Waals surface area contributed by atoms with Crippen LogP contribution in [0.5, 0.6) is 5.75 Å². The second kappa shape index (κ2) is 8.50. The Morgan fingerprint density at radius 3 is 2.15 bits per heavy atom. The Bertz CT molecular complexity index is 895. The molecule has 0 saturated carbocycles. The molecule has 0 unspecified atom stereocenters. The van der Waals surface area contributed by atoms with Gasteiger partial charge < -0.3 is 9.47 Å². The van der Waals surface area contributed by atoms with Crippen molar-refractivity contribution in [1.29, 1.82) is 5.26 Å². The lowest BCUT2D eigenvalue weighted by molar-refractivity contribution is -0.147. The van der Waals surface area contributed by atoms with Gasteiger partial charge in [0.15, 0.2) is 6.61 Å². The number of hydrogen-bond donors (Lipinski definition) is 0. The topological polar surface area (TPSA) is 59.3 Å². The van der Waals surface area contributed by atoms with Crippen LogP contribution in [-0.4, -0.2) is 12.6 Å². The first-order valence-electron chi connectivity index (χ1n) is 8.17. The minimum Gasteiger partial charge on any atom is -0.482 e. The van der Waals surface area contributed by atoms with E-state index in [-0.39, 0.29) is 13.2 Å². The summed E-state index contributed by atoms with van der Waals surface area (Å²) < 4.78 is 10.6. The van der Waals surface area contributed by atoms with Gasteiger partial charge >= 0.3 is 5.97 Å². The number of nitrogens with zero attached hydrogens (tertiary/aromatic N) is 1. The molecule has 4 nitrogen and oxygen atoms in total. The first-order chi connectivity index (χ1) is 12.7. The zero-order valence-electron chi connectivity index (χ0n) is 14.1. The summed E-state index contributed by atoms with van der Waals surface area (Å²) in [5.41, 5.74) is 3.61. The van der Waals surface area contributed by atoms with Gasteiger partial charge in [-0.05, 0) is 41.0 Å². The van der Waals surface area contributed by atoms with Crippen LogP contribution in [0.4, 0.5) is 0 Å². The molecule has 3 aromatic carbocycles. The van der Waals surface area contributed by atoms with E-state index in [0.717, 1.165) is 16.7 Å². The summed E-state index contributed by atoms with van der Waals surface area (Å²) in [6.07, 6.45) is 0. The highest BCUT2D eigenvalue weighted by Crippen LogP contribution is 2.22. The van der Waals surface area contributed by atoms with Gasteiger partial charge in [0.25, 0.3) is 0 Å². The smallest absolute Gasteiger partial charge is 0.344 e. The SMILES string of the molecule is N#Cc1ccc(COC(=O)COc2ccc(-c3ccccc3)cc2)cc1. The highest BCUT2D eigenvalue weighted by molar-refractivity contribution is 5.71. The van der Waals surface area contributed by atoms with Crippen LogP contribution in [0.3, 0.4) is 0 Å². The van der Waals surface area contributed by atoms with Crippen molar-refractivity contribution in [3.63, 3.8) is 0 Å². The van der Waals surface area contributed by atoms with Gasteiger partial charge in [-0.15, -0.1) is 0 Å². The van der Waals surface area contributed by atoms with Gasteiger partial charge in [0.2, 0.25) is 0 Å². The number of carbonyl (C=O) groups is 1. The third-order valence-corrected chi connectivity index (χ3v) is 3.80.